The minimum Gasteiger partial charge on any atom is -0.494 e. The number of nitrogens with zero attached hydrogens (tertiary/aromatic N) is 1. The van der Waals surface area contributed by atoms with Gasteiger partial charge in [-0.3, -0.25) is 9.59 Å². The van der Waals surface area contributed by atoms with E-state index in [0.717, 1.165) is 23.8 Å². The van der Waals surface area contributed by atoms with Gasteiger partial charge in [0, 0.05) is 11.6 Å². The predicted octanol–water partition coefficient (Wildman–Crippen LogP) is 4.29. The van der Waals surface area contributed by atoms with Crippen LogP contribution in [0, 0.1) is 18.6 Å². The first kappa shape index (κ1) is 21.9. The lowest BCUT2D eigenvalue weighted by molar-refractivity contribution is -0.137. The van der Waals surface area contributed by atoms with Gasteiger partial charge in [0.05, 0.1) is 19.6 Å². The second-order valence-corrected chi connectivity index (χ2v) is 6.94. The molecular formula is C23H20F2N2O4. The van der Waals surface area contributed by atoms with Crippen molar-refractivity contribution in [1.29, 1.82) is 0 Å². The van der Waals surface area contributed by atoms with Gasteiger partial charge in [-0.25, -0.2) is 13.8 Å². The van der Waals surface area contributed by atoms with E-state index in [1.807, 2.05) is 19.1 Å². The summed E-state index contributed by atoms with van der Waals surface area (Å²) in [6.07, 6.45) is -0.326. The molecule has 6 nitrogen and oxygen atoms in total. The van der Waals surface area contributed by atoms with E-state index in [1.165, 1.54) is 19.2 Å². The zero-order chi connectivity index (χ0) is 22.5. The second kappa shape index (κ2) is 9.34. The Balaban J connectivity index is 1.94. The monoisotopic (exact) mass is 426 g/mol. The van der Waals surface area contributed by atoms with Crippen molar-refractivity contribution in [1.82, 2.24) is 10.3 Å². The Hall–Kier alpha value is -3.81. The number of aliphatic carboxylic acids is 1. The van der Waals surface area contributed by atoms with E-state index in [4.69, 9.17) is 4.74 Å². The van der Waals surface area contributed by atoms with Crippen molar-refractivity contribution in [2.45, 2.75) is 19.4 Å². The maximum atomic E-state index is 13.7. The fourth-order valence-corrected chi connectivity index (χ4v) is 3.09. The molecule has 160 valence electrons. The van der Waals surface area contributed by atoms with Crippen molar-refractivity contribution in [3.63, 3.8) is 0 Å². The van der Waals surface area contributed by atoms with Crippen LogP contribution in [-0.2, 0) is 4.79 Å². The molecule has 0 unspecified atom stereocenters. The lowest BCUT2D eigenvalue weighted by atomic mass is 10.0. The van der Waals surface area contributed by atoms with Crippen LogP contribution in [0.1, 0.15) is 34.1 Å². The second-order valence-electron chi connectivity index (χ2n) is 6.94. The molecule has 0 saturated carbocycles. The lowest BCUT2D eigenvalue weighted by Crippen LogP contribution is -2.31. The molecule has 1 amide bonds. The maximum Gasteiger partial charge on any atom is 0.305 e. The summed E-state index contributed by atoms with van der Waals surface area (Å²) in [5.41, 5.74) is 1.75. The highest BCUT2D eigenvalue weighted by molar-refractivity contribution is 5.93. The van der Waals surface area contributed by atoms with Crippen molar-refractivity contribution in [3.8, 4) is 17.0 Å². The predicted molar refractivity (Wildman–Crippen MR) is 110 cm³/mol. The van der Waals surface area contributed by atoms with Gasteiger partial charge >= 0.3 is 5.97 Å². The van der Waals surface area contributed by atoms with E-state index in [9.17, 15) is 23.5 Å². The molecule has 8 heteroatoms. The molecule has 1 heterocycles. The van der Waals surface area contributed by atoms with E-state index in [1.54, 1.807) is 12.1 Å². The largest absolute Gasteiger partial charge is 0.494 e. The highest BCUT2D eigenvalue weighted by atomic mass is 19.1. The number of carboxylic acid groups (broad SMARTS) is 1. The summed E-state index contributed by atoms with van der Waals surface area (Å²) in [6.45, 7) is 1.90. The third-order valence-electron chi connectivity index (χ3n) is 4.61. The Bertz CT molecular complexity index is 1100. The number of carboxylic acids is 1. The number of benzene rings is 2. The third-order valence-corrected chi connectivity index (χ3v) is 4.61. The van der Waals surface area contributed by atoms with Gasteiger partial charge < -0.3 is 15.2 Å². The number of methoxy groups -OCH3 is 1. The van der Waals surface area contributed by atoms with Gasteiger partial charge in [0.15, 0.2) is 0 Å². The number of aryl methyl sites for hydroxylation is 1. The first-order valence-electron chi connectivity index (χ1n) is 9.37. The number of aromatic nitrogens is 1. The number of carbonyl (C=O) groups excluding carboxylic acids is 1. The number of hydrogen-bond acceptors (Lipinski definition) is 4. The number of pyridine rings is 1. The standard InChI is InChI=1S/C23H20F2N2O4/c1-13-3-5-14(6-4-13)19(12-21(28)29)27-23(30)18-7-8-20(31-2)22(26-18)15-9-16(24)11-17(25)10-15/h3-11,19H,12H2,1-2H3,(H,27,30)(H,28,29)/t19-/m0/s1. The summed E-state index contributed by atoms with van der Waals surface area (Å²) in [5, 5.41) is 11.9. The first-order chi connectivity index (χ1) is 14.8. The Kier molecular flexibility index (Phi) is 6.59. The normalized spacial score (nSPS) is 11.6. The first-order valence-corrected chi connectivity index (χ1v) is 9.37. The molecule has 2 aromatic carbocycles. The van der Waals surface area contributed by atoms with Gasteiger partial charge in [-0.1, -0.05) is 29.8 Å². The van der Waals surface area contributed by atoms with Crippen LogP contribution in [0.3, 0.4) is 0 Å². The van der Waals surface area contributed by atoms with Crippen LogP contribution in [0.5, 0.6) is 5.75 Å². The van der Waals surface area contributed by atoms with E-state index in [2.05, 4.69) is 10.3 Å². The summed E-state index contributed by atoms with van der Waals surface area (Å²) in [4.78, 5) is 28.4. The van der Waals surface area contributed by atoms with Gasteiger partial charge in [0.1, 0.15) is 28.8 Å². The van der Waals surface area contributed by atoms with Crippen LogP contribution in [0.2, 0.25) is 0 Å². The topological polar surface area (TPSA) is 88.5 Å². The number of carbonyl (C=O) groups is 2. The van der Waals surface area contributed by atoms with Crippen molar-refractivity contribution < 1.29 is 28.2 Å². The number of amides is 1. The minimum atomic E-state index is -1.08. The van der Waals surface area contributed by atoms with Gasteiger partial charge in [-0.15, -0.1) is 0 Å². The Labute approximate surface area is 177 Å². The van der Waals surface area contributed by atoms with E-state index < -0.39 is 29.6 Å². The molecule has 1 aromatic heterocycles. The van der Waals surface area contributed by atoms with Crippen molar-refractivity contribution in [3.05, 3.63) is 83.1 Å². The van der Waals surface area contributed by atoms with Gasteiger partial charge in [0.2, 0.25) is 0 Å². The molecule has 0 aliphatic rings. The highest BCUT2D eigenvalue weighted by Gasteiger charge is 2.21. The summed E-state index contributed by atoms with van der Waals surface area (Å²) in [5.74, 6) is -3.08. The molecule has 3 aromatic rings. The fourth-order valence-electron chi connectivity index (χ4n) is 3.09. The van der Waals surface area contributed by atoms with Crippen LogP contribution in [0.15, 0.2) is 54.6 Å². The van der Waals surface area contributed by atoms with Crippen molar-refractivity contribution in [2.24, 2.45) is 0 Å². The molecule has 0 saturated heterocycles. The zero-order valence-corrected chi connectivity index (χ0v) is 16.9. The molecule has 1 atom stereocenters. The van der Waals surface area contributed by atoms with Crippen LogP contribution in [-0.4, -0.2) is 29.1 Å². The highest BCUT2D eigenvalue weighted by Crippen LogP contribution is 2.29. The van der Waals surface area contributed by atoms with Gasteiger partial charge in [0.25, 0.3) is 5.91 Å². The van der Waals surface area contributed by atoms with Gasteiger partial charge in [-0.05, 0) is 36.8 Å². The number of rotatable bonds is 7. The maximum absolute atomic E-state index is 13.7. The quantitative estimate of drug-likeness (QED) is 0.588. The fraction of sp³-hybridized carbons (Fsp3) is 0.174. The van der Waals surface area contributed by atoms with E-state index in [0.29, 0.717) is 5.56 Å². The van der Waals surface area contributed by atoms with Crippen LogP contribution >= 0.6 is 0 Å². The molecule has 0 aliphatic heterocycles. The average Bonchev–Trinajstić information content (AvgIpc) is 2.72. The molecule has 0 aliphatic carbocycles. The van der Waals surface area contributed by atoms with Gasteiger partial charge in [-0.2, -0.15) is 0 Å². The summed E-state index contributed by atoms with van der Waals surface area (Å²) >= 11 is 0. The molecule has 31 heavy (non-hydrogen) atoms. The SMILES string of the molecule is COc1ccc(C(=O)N[C@@H](CC(=O)O)c2ccc(C)cc2)nc1-c1cc(F)cc(F)c1. The molecule has 0 radical (unpaired) electrons. The Morgan fingerprint density at radius 2 is 1.71 bits per heavy atom. The molecule has 0 fully saturated rings. The smallest absolute Gasteiger partial charge is 0.305 e. The molecular weight excluding hydrogens is 406 g/mol. The number of nitrogens with one attached hydrogen (secondary N) is 1. The minimum absolute atomic E-state index is 0.0528. The van der Waals surface area contributed by atoms with Crippen molar-refractivity contribution >= 4 is 11.9 Å². The van der Waals surface area contributed by atoms with E-state index >= 15 is 0 Å². The van der Waals surface area contributed by atoms with Crippen LogP contribution in [0.25, 0.3) is 11.3 Å². The summed E-state index contributed by atoms with van der Waals surface area (Å²) in [6, 6.07) is 12.1. The zero-order valence-electron chi connectivity index (χ0n) is 16.9. The molecule has 2 N–H and O–H groups in total. The van der Waals surface area contributed by atoms with Crippen LogP contribution in [0.4, 0.5) is 8.78 Å². The van der Waals surface area contributed by atoms with Crippen LogP contribution < -0.4 is 10.1 Å². The third kappa shape index (κ3) is 5.42. The molecule has 3 rings (SSSR count). The Morgan fingerprint density at radius 3 is 2.29 bits per heavy atom. The molecule has 0 spiro atoms. The number of halogens is 2. The summed E-state index contributed by atoms with van der Waals surface area (Å²) < 4.78 is 32.6. The Morgan fingerprint density at radius 1 is 1.06 bits per heavy atom. The number of hydrogen-bond donors (Lipinski definition) is 2. The number of ether oxygens (including phenoxy) is 1. The average molecular weight is 426 g/mol. The van der Waals surface area contributed by atoms with Crippen molar-refractivity contribution in [2.75, 3.05) is 7.11 Å². The lowest BCUT2D eigenvalue weighted by Gasteiger charge is -2.18. The van der Waals surface area contributed by atoms with E-state index in [-0.39, 0.29) is 29.1 Å². The summed E-state index contributed by atoms with van der Waals surface area (Å²) in [7, 11) is 1.37. The molecule has 0 bridgehead atoms.